The summed E-state index contributed by atoms with van der Waals surface area (Å²) < 4.78 is 14.7. The van der Waals surface area contributed by atoms with E-state index in [1.54, 1.807) is 0 Å². The highest BCUT2D eigenvalue weighted by Gasteiger charge is 2.05. The largest absolute Gasteiger partial charge is 0.354 e. The van der Waals surface area contributed by atoms with Crippen molar-refractivity contribution < 1.29 is 9.18 Å². The van der Waals surface area contributed by atoms with Crippen LogP contribution in [0.2, 0.25) is 0 Å². The SMILES string of the molecule is Cn1cccc1CCNC(=O)c1ccc(F)cc1. The number of halogens is 1. The van der Waals surface area contributed by atoms with Crippen LogP contribution in [0.25, 0.3) is 0 Å². The molecule has 1 heterocycles. The van der Waals surface area contributed by atoms with Crippen molar-refractivity contribution >= 4 is 5.91 Å². The molecule has 0 fully saturated rings. The first-order chi connectivity index (χ1) is 8.66. The molecule has 0 aliphatic rings. The van der Waals surface area contributed by atoms with E-state index >= 15 is 0 Å². The van der Waals surface area contributed by atoms with Gasteiger partial charge in [0.25, 0.3) is 5.91 Å². The number of nitrogens with zero attached hydrogens (tertiary/aromatic N) is 1. The summed E-state index contributed by atoms with van der Waals surface area (Å²) in [4.78, 5) is 11.7. The summed E-state index contributed by atoms with van der Waals surface area (Å²) in [6, 6.07) is 9.51. The monoisotopic (exact) mass is 246 g/mol. The normalized spacial score (nSPS) is 10.3. The minimum Gasteiger partial charge on any atom is -0.354 e. The fourth-order valence-corrected chi connectivity index (χ4v) is 1.76. The zero-order valence-corrected chi connectivity index (χ0v) is 10.2. The van der Waals surface area contributed by atoms with Gasteiger partial charge in [-0.2, -0.15) is 0 Å². The second kappa shape index (κ2) is 5.49. The Morgan fingerprint density at radius 2 is 2.00 bits per heavy atom. The Labute approximate surface area is 105 Å². The highest BCUT2D eigenvalue weighted by Crippen LogP contribution is 2.03. The topological polar surface area (TPSA) is 34.0 Å². The van der Waals surface area contributed by atoms with Gasteiger partial charge in [0.2, 0.25) is 0 Å². The van der Waals surface area contributed by atoms with Crippen molar-refractivity contribution in [3.63, 3.8) is 0 Å². The van der Waals surface area contributed by atoms with Gasteiger partial charge in [-0.1, -0.05) is 0 Å². The number of aryl methyl sites for hydroxylation is 1. The maximum absolute atomic E-state index is 12.7. The van der Waals surface area contributed by atoms with E-state index in [4.69, 9.17) is 0 Å². The lowest BCUT2D eigenvalue weighted by atomic mass is 10.2. The Bertz CT molecular complexity index is 531. The summed E-state index contributed by atoms with van der Waals surface area (Å²) in [5.74, 6) is -0.514. The molecule has 0 saturated heterocycles. The van der Waals surface area contributed by atoms with Gasteiger partial charge in [0.15, 0.2) is 0 Å². The molecular formula is C14H15FN2O. The Balaban J connectivity index is 1.85. The van der Waals surface area contributed by atoms with E-state index in [0.29, 0.717) is 12.1 Å². The van der Waals surface area contributed by atoms with Crippen molar-refractivity contribution in [2.75, 3.05) is 6.54 Å². The van der Waals surface area contributed by atoms with Gasteiger partial charge in [-0.3, -0.25) is 4.79 Å². The first-order valence-electron chi connectivity index (χ1n) is 5.81. The van der Waals surface area contributed by atoms with Crippen LogP contribution in [-0.2, 0) is 13.5 Å². The van der Waals surface area contributed by atoms with Gasteiger partial charge >= 0.3 is 0 Å². The fourth-order valence-electron chi connectivity index (χ4n) is 1.76. The summed E-state index contributed by atoms with van der Waals surface area (Å²) in [6.07, 6.45) is 2.74. The number of carbonyl (C=O) groups is 1. The highest BCUT2D eigenvalue weighted by atomic mass is 19.1. The molecule has 0 atom stereocenters. The van der Waals surface area contributed by atoms with Gasteiger partial charge in [0.1, 0.15) is 5.82 Å². The van der Waals surface area contributed by atoms with Crippen LogP contribution in [0.3, 0.4) is 0 Å². The van der Waals surface area contributed by atoms with Crippen molar-refractivity contribution in [1.82, 2.24) is 9.88 Å². The van der Waals surface area contributed by atoms with Gasteiger partial charge in [-0.05, 0) is 36.4 Å². The molecule has 1 aromatic carbocycles. The Hall–Kier alpha value is -2.10. The van der Waals surface area contributed by atoms with Crippen LogP contribution in [0, 0.1) is 5.82 Å². The van der Waals surface area contributed by atoms with Crippen LogP contribution in [0.5, 0.6) is 0 Å². The molecule has 94 valence electrons. The molecule has 1 amide bonds. The van der Waals surface area contributed by atoms with Crippen LogP contribution in [0.1, 0.15) is 16.1 Å². The van der Waals surface area contributed by atoms with Crippen molar-refractivity contribution in [1.29, 1.82) is 0 Å². The van der Waals surface area contributed by atoms with Crippen LogP contribution in [0.4, 0.5) is 4.39 Å². The lowest BCUT2D eigenvalue weighted by Gasteiger charge is -2.06. The van der Waals surface area contributed by atoms with Gasteiger partial charge in [-0.25, -0.2) is 4.39 Å². The molecule has 2 rings (SSSR count). The quantitative estimate of drug-likeness (QED) is 0.881. The summed E-state index contributed by atoms with van der Waals surface area (Å²) >= 11 is 0. The number of aromatic nitrogens is 1. The van der Waals surface area contributed by atoms with Crippen molar-refractivity contribution in [2.45, 2.75) is 6.42 Å². The molecule has 0 radical (unpaired) electrons. The number of benzene rings is 1. The smallest absolute Gasteiger partial charge is 0.251 e. The van der Waals surface area contributed by atoms with Crippen molar-refractivity contribution in [2.24, 2.45) is 7.05 Å². The molecule has 1 N–H and O–H groups in total. The zero-order valence-electron chi connectivity index (χ0n) is 10.2. The number of hydrogen-bond acceptors (Lipinski definition) is 1. The maximum atomic E-state index is 12.7. The summed E-state index contributed by atoms with van der Waals surface area (Å²) in [5, 5.41) is 2.81. The molecule has 0 spiro atoms. The standard InChI is InChI=1S/C14H15FN2O/c1-17-10-2-3-13(17)8-9-16-14(18)11-4-6-12(15)7-5-11/h2-7,10H,8-9H2,1H3,(H,16,18). The summed E-state index contributed by atoms with van der Waals surface area (Å²) in [6.45, 7) is 0.564. The van der Waals surface area contributed by atoms with Gasteiger partial charge in [0, 0.05) is 37.5 Å². The number of hydrogen-bond donors (Lipinski definition) is 1. The number of amides is 1. The summed E-state index contributed by atoms with van der Waals surface area (Å²) in [7, 11) is 1.97. The molecule has 4 heteroatoms. The molecule has 0 bridgehead atoms. The lowest BCUT2D eigenvalue weighted by molar-refractivity contribution is 0.0954. The molecule has 18 heavy (non-hydrogen) atoms. The number of carbonyl (C=O) groups excluding carboxylic acids is 1. The maximum Gasteiger partial charge on any atom is 0.251 e. The average molecular weight is 246 g/mol. The molecule has 0 aliphatic heterocycles. The lowest BCUT2D eigenvalue weighted by Crippen LogP contribution is -2.26. The van der Waals surface area contributed by atoms with Crippen molar-refractivity contribution in [3.05, 3.63) is 59.7 Å². The Morgan fingerprint density at radius 3 is 2.61 bits per heavy atom. The fraction of sp³-hybridized carbons (Fsp3) is 0.214. The van der Waals surface area contributed by atoms with Gasteiger partial charge in [0.05, 0.1) is 0 Å². The molecule has 1 aromatic heterocycles. The molecular weight excluding hydrogens is 231 g/mol. The third-order valence-electron chi connectivity index (χ3n) is 2.82. The predicted molar refractivity (Wildman–Crippen MR) is 67.9 cm³/mol. The molecule has 0 unspecified atom stereocenters. The number of rotatable bonds is 4. The summed E-state index contributed by atoms with van der Waals surface area (Å²) in [5.41, 5.74) is 1.64. The molecule has 0 aliphatic carbocycles. The minimum atomic E-state index is -0.338. The Kier molecular flexibility index (Phi) is 3.77. The van der Waals surface area contributed by atoms with Crippen LogP contribution in [0.15, 0.2) is 42.6 Å². The van der Waals surface area contributed by atoms with E-state index in [9.17, 15) is 9.18 Å². The van der Waals surface area contributed by atoms with E-state index in [2.05, 4.69) is 5.32 Å². The van der Waals surface area contributed by atoms with E-state index in [1.165, 1.54) is 24.3 Å². The van der Waals surface area contributed by atoms with Gasteiger partial charge in [-0.15, -0.1) is 0 Å². The van der Waals surface area contributed by atoms with E-state index in [0.717, 1.165) is 12.1 Å². The first kappa shape index (κ1) is 12.4. The van der Waals surface area contributed by atoms with Crippen LogP contribution < -0.4 is 5.32 Å². The highest BCUT2D eigenvalue weighted by molar-refractivity contribution is 5.94. The second-order valence-electron chi connectivity index (χ2n) is 4.12. The second-order valence-corrected chi connectivity index (χ2v) is 4.12. The molecule has 2 aromatic rings. The number of nitrogens with one attached hydrogen (secondary N) is 1. The Morgan fingerprint density at radius 1 is 1.28 bits per heavy atom. The van der Waals surface area contributed by atoms with Crippen LogP contribution >= 0.6 is 0 Å². The predicted octanol–water partition coefficient (Wildman–Crippen LogP) is 2.14. The van der Waals surface area contributed by atoms with E-state index in [-0.39, 0.29) is 11.7 Å². The van der Waals surface area contributed by atoms with Crippen molar-refractivity contribution in [3.8, 4) is 0 Å². The first-order valence-corrected chi connectivity index (χ1v) is 5.81. The van der Waals surface area contributed by atoms with E-state index in [1.807, 2.05) is 29.9 Å². The third-order valence-corrected chi connectivity index (χ3v) is 2.82. The third kappa shape index (κ3) is 2.97. The molecule has 3 nitrogen and oxygen atoms in total. The zero-order chi connectivity index (χ0) is 13.0. The molecule has 0 saturated carbocycles. The minimum absolute atomic E-state index is 0.177. The van der Waals surface area contributed by atoms with Gasteiger partial charge < -0.3 is 9.88 Å². The van der Waals surface area contributed by atoms with Crippen LogP contribution in [-0.4, -0.2) is 17.0 Å². The van der Waals surface area contributed by atoms with E-state index < -0.39 is 0 Å². The average Bonchev–Trinajstić information content (AvgIpc) is 2.76.